The minimum absolute atomic E-state index is 0.105. The molecule has 1 aromatic heterocycles. The Morgan fingerprint density at radius 3 is 2.63 bits per heavy atom. The highest BCUT2D eigenvalue weighted by molar-refractivity contribution is 6.05. The number of nitrogens with one attached hydrogen (secondary N) is 1. The van der Waals surface area contributed by atoms with Gasteiger partial charge in [0.15, 0.2) is 5.78 Å². The van der Waals surface area contributed by atoms with Gasteiger partial charge < -0.3 is 9.88 Å². The molecule has 1 aliphatic carbocycles. The molecule has 0 aliphatic heterocycles. The van der Waals surface area contributed by atoms with E-state index in [0.717, 1.165) is 4.57 Å². The maximum Gasteiger partial charge on any atom is 0.274 e. The third-order valence-electron chi connectivity index (χ3n) is 4.25. The van der Waals surface area contributed by atoms with Crippen molar-refractivity contribution in [3.8, 4) is 0 Å². The molecule has 9 heteroatoms. The summed E-state index contributed by atoms with van der Waals surface area (Å²) in [6, 6.07) is 9.65. The summed E-state index contributed by atoms with van der Waals surface area (Å²) in [5.41, 5.74) is 8.71. The number of pyridine rings is 1. The molecule has 0 bridgehead atoms. The SMILES string of the molecule is [N-]=[N+]=NC(=O)Cn1c2c(cc(NC(=O)c3ccccc3)c1=O)C(=O)CCC2. The molecule has 0 atom stereocenters. The Bertz CT molecular complexity index is 1040. The van der Waals surface area contributed by atoms with E-state index in [0.29, 0.717) is 30.5 Å². The van der Waals surface area contributed by atoms with Crippen molar-refractivity contribution in [3.05, 3.63) is 74.0 Å². The van der Waals surface area contributed by atoms with Crippen LogP contribution in [-0.2, 0) is 17.8 Å². The molecule has 3 rings (SSSR count). The molecule has 1 heterocycles. The lowest BCUT2D eigenvalue weighted by Gasteiger charge is -2.21. The number of amides is 2. The summed E-state index contributed by atoms with van der Waals surface area (Å²) in [7, 11) is 0. The molecular formula is C18H15N5O4. The topological polar surface area (TPSA) is 134 Å². The lowest BCUT2D eigenvalue weighted by atomic mass is 9.94. The summed E-state index contributed by atoms with van der Waals surface area (Å²) in [6.07, 6.45) is 1.31. The van der Waals surface area contributed by atoms with Gasteiger partial charge in [0.2, 0.25) is 5.91 Å². The smallest absolute Gasteiger partial charge is 0.274 e. The Kier molecular flexibility index (Phi) is 5.14. The first-order valence-corrected chi connectivity index (χ1v) is 8.25. The number of rotatable bonds is 4. The molecule has 2 amide bonds. The van der Waals surface area contributed by atoms with E-state index in [1.165, 1.54) is 6.07 Å². The number of azide groups is 1. The number of fused-ring (bicyclic) bond motifs is 1. The molecule has 0 fully saturated rings. The lowest BCUT2D eigenvalue weighted by Crippen LogP contribution is -2.33. The largest absolute Gasteiger partial charge is 0.317 e. The zero-order chi connectivity index (χ0) is 19.4. The first kappa shape index (κ1) is 18.1. The summed E-state index contributed by atoms with van der Waals surface area (Å²) < 4.78 is 1.10. The monoisotopic (exact) mass is 365 g/mol. The van der Waals surface area contributed by atoms with Crippen molar-refractivity contribution in [2.45, 2.75) is 25.8 Å². The van der Waals surface area contributed by atoms with Gasteiger partial charge in [-0.15, -0.1) is 0 Å². The molecule has 0 saturated carbocycles. The van der Waals surface area contributed by atoms with E-state index >= 15 is 0 Å². The fourth-order valence-electron chi connectivity index (χ4n) is 3.02. The van der Waals surface area contributed by atoms with Gasteiger partial charge in [-0.2, -0.15) is 0 Å². The second kappa shape index (κ2) is 7.67. The van der Waals surface area contributed by atoms with Gasteiger partial charge in [0.25, 0.3) is 11.5 Å². The Morgan fingerprint density at radius 2 is 1.93 bits per heavy atom. The van der Waals surface area contributed by atoms with Gasteiger partial charge in [-0.05, 0) is 41.7 Å². The number of anilines is 1. The molecule has 27 heavy (non-hydrogen) atoms. The second-order valence-electron chi connectivity index (χ2n) is 5.99. The van der Waals surface area contributed by atoms with Gasteiger partial charge in [-0.3, -0.25) is 19.2 Å². The number of benzene rings is 1. The average molecular weight is 365 g/mol. The zero-order valence-corrected chi connectivity index (χ0v) is 14.2. The Hall–Kier alpha value is -3.71. The summed E-state index contributed by atoms with van der Waals surface area (Å²) >= 11 is 0. The third kappa shape index (κ3) is 3.78. The van der Waals surface area contributed by atoms with Gasteiger partial charge >= 0.3 is 0 Å². The van der Waals surface area contributed by atoms with E-state index in [1.807, 2.05) is 0 Å². The van der Waals surface area contributed by atoms with Crippen LogP contribution < -0.4 is 10.9 Å². The van der Waals surface area contributed by atoms with Crippen LogP contribution in [0, 0.1) is 0 Å². The quantitative estimate of drug-likeness (QED) is 0.506. The molecule has 1 N–H and O–H groups in total. The van der Waals surface area contributed by atoms with Gasteiger partial charge in [-0.25, -0.2) is 0 Å². The second-order valence-corrected chi connectivity index (χ2v) is 5.99. The van der Waals surface area contributed by atoms with E-state index < -0.39 is 23.9 Å². The minimum Gasteiger partial charge on any atom is -0.317 e. The third-order valence-corrected chi connectivity index (χ3v) is 4.25. The Balaban J connectivity index is 2.06. The first-order chi connectivity index (χ1) is 13.0. The van der Waals surface area contributed by atoms with Crippen LogP contribution in [0.5, 0.6) is 0 Å². The van der Waals surface area contributed by atoms with Gasteiger partial charge in [0.05, 0.1) is 6.54 Å². The molecular weight excluding hydrogens is 350 g/mol. The number of carbonyl (C=O) groups is 3. The molecule has 0 radical (unpaired) electrons. The maximum atomic E-state index is 12.8. The number of Topliss-reactive ketones (excluding diaryl/α,β-unsaturated/α-hetero) is 1. The Morgan fingerprint density at radius 1 is 1.19 bits per heavy atom. The molecule has 136 valence electrons. The Labute approximate surface area is 153 Å². The molecule has 9 nitrogen and oxygen atoms in total. The van der Waals surface area contributed by atoms with Crippen LogP contribution in [0.2, 0.25) is 0 Å². The van der Waals surface area contributed by atoms with Crippen LogP contribution in [0.15, 0.2) is 46.3 Å². The van der Waals surface area contributed by atoms with Crippen molar-refractivity contribution >= 4 is 23.3 Å². The number of carbonyl (C=O) groups excluding carboxylic acids is 3. The lowest BCUT2D eigenvalue weighted by molar-refractivity contribution is -0.118. The van der Waals surface area contributed by atoms with E-state index in [9.17, 15) is 19.2 Å². The molecule has 0 saturated heterocycles. The summed E-state index contributed by atoms with van der Waals surface area (Å²) in [5.74, 6) is -1.54. The van der Waals surface area contributed by atoms with Crippen molar-refractivity contribution in [1.82, 2.24) is 4.57 Å². The zero-order valence-electron chi connectivity index (χ0n) is 14.2. The van der Waals surface area contributed by atoms with Crippen molar-refractivity contribution < 1.29 is 14.4 Å². The molecule has 2 aromatic rings. The van der Waals surface area contributed by atoms with E-state index in [1.54, 1.807) is 30.3 Å². The van der Waals surface area contributed by atoms with Gasteiger partial charge in [0.1, 0.15) is 5.69 Å². The average Bonchev–Trinajstić information content (AvgIpc) is 2.66. The number of hydrogen-bond donors (Lipinski definition) is 1. The van der Waals surface area contributed by atoms with Crippen LogP contribution in [0.3, 0.4) is 0 Å². The van der Waals surface area contributed by atoms with Crippen molar-refractivity contribution in [2.75, 3.05) is 5.32 Å². The predicted octanol–water partition coefficient (Wildman–Crippen LogP) is 2.46. The highest BCUT2D eigenvalue weighted by Crippen LogP contribution is 2.23. The number of hydrogen-bond acceptors (Lipinski definition) is 4. The summed E-state index contributed by atoms with van der Waals surface area (Å²) in [6.45, 7) is -0.493. The van der Waals surface area contributed by atoms with E-state index in [2.05, 4.69) is 15.3 Å². The first-order valence-electron chi connectivity index (χ1n) is 8.25. The van der Waals surface area contributed by atoms with Gasteiger partial charge in [-0.1, -0.05) is 18.2 Å². The molecule has 1 aromatic carbocycles. The number of aromatic nitrogens is 1. The molecule has 1 aliphatic rings. The van der Waals surface area contributed by atoms with Crippen molar-refractivity contribution in [2.24, 2.45) is 5.11 Å². The standard InChI is InChI=1S/C18H15N5O4/c19-22-21-16(25)10-23-14-7-4-8-15(24)12(14)9-13(18(23)27)20-17(26)11-5-2-1-3-6-11/h1-3,5-6,9H,4,7-8,10H2,(H,20,26). The maximum absolute atomic E-state index is 12.8. The fraction of sp³-hybridized carbons (Fsp3) is 0.222. The van der Waals surface area contributed by atoms with Crippen molar-refractivity contribution in [1.29, 1.82) is 0 Å². The highest BCUT2D eigenvalue weighted by Gasteiger charge is 2.24. The molecule has 0 unspecified atom stereocenters. The van der Waals surface area contributed by atoms with Crippen LogP contribution in [-0.4, -0.2) is 22.2 Å². The molecule has 0 spiro atoms. The minimum atomic E-state index is -0.855. The predicted molar refractivity (Wildman–Crippen MR) is 96.5 cm³/mol. The normalized spacial score (nSPS) is 12.7. The van der Waals surface area contributed by atoms with E-state index in [-0.39, 0.29) is 17.0 Å². The van der Waals surface area contributed by atoms with Crippen LogP contribution >= 0.6 is 0 Å². The fourth-order valence-corrected chi connectivity index (χ4v) is 3.02. The van der Waals surface area contributed by atoms with Crippen molar-refractivity contribution in [3.63, 3.8) is 0 Å². The van der Waals surface area contributed by atoms with Crippen LogP contribution in [0.4, 0.5) is 5.69 Å². The highest BCUT2D eigenvalue weighted by atomic mass is 16.2. The number of nitrogens with zero attached hydrogens (tertiary/aromatic N) is 4. The van der Waals surface area contributed by atoms with E-state index in [4.69, 9.17) is 5.53 Å². The number of ketones is 1. The van der Waals surface area contributed by atoms with Crippen LogP contribution in [0.1, 0.15) is 39.3 Å². The van der Waals surface area contributed by atoms with Crippen LogP contribution in [0.25, 0.3) is 10.4 Å². The summed E-state index contributed by atoms with van der Waals surface area (Å²) in [5, 5.41) is 5.48. The van der Waals surface area contributed by atoms with Gasteiger partial charge in [0, 0.05) is 28.2 Å². The summed E-state index contributed by atoms with van der Waals surface area (Å²) in [4.78, 5) is 51.6.